The van der Waals surface area contributed by atoms with E-state index in [1.54, 1.807) is 31.4 Å². The van der Waals surface area contributed by atoms with Crippen molar-refractivity contribution in [1.29, 1.82) is 0 Å². The van der Waals surface area contributed by atoms with Crippen molar-refractivity contribution >= 4 is 11.0 Å². The maximum Gasteiger partial charge on any atom is 0.247 e. The van der Waals surface area contributed by atoms with Gasteiger partial charge in [-0.15, -0.1) is 10.2 Å². The molecule has 4 aromatic rings. The maximum atomic E-state index is 14.0. The van der Waals surface area contributed by atoms with Crippen LogP contribution in [0.15, 0.2) is 57.6 Å². The van der Waals surface area contributed by atoms with Crippen molar-refractivity contribution in [3.63, 3.8) is 0 Å². The van der Waals surface area contributed by atoms with E-state index in [4.69, 9.17) is 8.83 Å². The summed E-state index contributed by atoms with van der Waals surface area (Å²) in [7, 11) is 0. The number of halogens is 1. The molecule has 0 radical (unpaired) electrons. The first-order valence-electron chi connectivity index (χ1n) is 6.79. The summed E-state index contributed by atoms with van der Waals surface area (Å²) in [5.41, 5.74) is 2.65. The van der Waals surface area contributed by atoms with Crippen molar-refractivity contribution < 1.29 is 13.2 Å². The highest BCUT2D eigenvalue weighted by Crippen LogP contribution is 2.34. The number of aryl methyl sites for hydroxylation is 1. The minimum atomic E-state index is -0.288. The molecule has 0 unspecified atom stereocenters. The van der Waals surface area contributed by atoms with Crippen molar-refractivity contribution in [2.75, 3.05) is 0 Å². The third kappa shape index (κ3) is 1.98. The molecule has 0 saturated heterocycles. The van der Waals surface area contributed by atoms with E-state index >= 15 is 0 Å². The van der Waals surface area contributed by atoms with E-state index in [1.807, 2.05) is 18.2 Å². The van der Waals surface area contributed by atoms with Crippen LogP contribution in [0.3, 0.4) is 0 Å². The second-order valence-electron chi connectivity index (χ2n) is 4.97. The van der Waals surface area contributed by atoms with Gasteiger partial charge in [0.2, 0.25) is 11.8 Å². The Morgan fingerprint density at radius 1 is 1.00 bits per heavy atom. The lowest BCUT2D eigenvalue weighted by Crippen LogP contribution is -1.83. The standard InChI is InChI=1S/C17H11FN2O2/c1-10-19-20-17(22-10)11-6-7-16-13(8-11)14(9-21-16)12-4-2-3-5-15(12)18/h2-9H,1H3. The lowest BCUT2D eigenvalue weighted by Gasteiger charge is -2.01. The van der Waals surface area contributed by atoms with Gasteiger partial charge in [-0.25, -0.2) is 4.39 Å². The van der Waals surface area contributed by atoms with Gasteiger partial charge in [0.1, 0.15) is 11.4 Å². The van der Waals surface area contributed by atoms with E-state index in [9.17, 15) is 4.39 Å². The van der Waals surface area contributed by atoms with Crippen molar-refractivity contribution in [2.45, 2.75) is 6.92 Å². The molecule has 0 N–H and O–H groups in total. The van der Waals surface area contributed by atoms with E-state index in [-0.39, 0.29) is 5.82 Å². The summed E-state index contributed by atoms with van der Waals surface area (Å²) in [6.07, 6.45) is 1.56. The molecule has 2 heterocycles. The highest BCUT2D eigenvalue weighted by Gasteiger charge is 2.14. The zero-order valence-corrected chi connectivity index (χ0v) is 11.7. The summed E-state index contributed by atoms with van der Waals surface area (Å²) in [6, 6.07) is 12.1. The molecular formula is C17H11FN2O2. The van der Waals surface area contributed by atoms with Gasteiger partial charge in [0.25, 0.3) is 0 Å². The molecule has 4 nitrogen and oxygen atoms in total. The Kier molecular flexibility index (Phi) is 2.79. The Morgan fingerprint density at radius 2 is 1.86 bits per heavy atom. The second kappa shape index (κ2) is 4.80. The lowest BCUT2D eigenvalue weighted by molar-refractivity contribution is 0.533. The van der Waals surface area contributed by atoms with Gasteiger partial charge in [-0.05, 0) is 24.3 Å². The average molecular weight is 294 g/mol. The highest BCUT2D eigenvalue weighted by atomic mass is 19.1. The number of rotatable bonds is 2. The van der Waals surface area contributed by atoms with Gasteiger partial charge < -0.3 is 8.83 Å². The molecule has 0 amide bonds. The lowest BCUT2D eigenvalue weighted by atomic mass is 10.0. The topological polar surface area (TPSA) is 52.1 Å². The predicted molar refractivity (Wildman–Crippen MR) is 79.6 cm³/mol. The quantitative estimate of drug-likeness (QED) is 0.542. The minimum absolute atomic E-state index is 0.288. The minimum Gasteiger partial charge on any atom is -0.464 e. The third-order valence-corrected chi connectivity index (χ3v) is 3.51. The van der Waals surface area contributed by atoms with Gasteiger partial charge in [0.15, 0.2) is 0 Å². The van der Waals surface area contributed by atoms with Crippen molar-refractivity contribution in [3.8, 4) is 22.6 Å². The molecule has 22 heavy (non-hydrogen) atoms. The Bertz CT molecular complexity index is 972. The van der Waals surface area contributed by atoms with Gasteiger partial charge in [-0.1, -0.05) is 18.2 Å². The van der Waals surface area contributed by atoms with E-state index in [0.29, 0.717) is 28.5 Å². The fraction of sp³-hybridized carbons (Fsp3) is 0.0588. The molecule has 5 heteroatoms. The van der Waals surface area contributed by atoms with Crippen LogP contribution in [0.25, 0.3) is 33.6 Å². The first-order valence-corrected chi connectivity index (χ1v) is 6.79. The SMILES string of the molecule is Cc1nnc(-c2ccc3occ(-c4ccccc4F)c3c2)o1. The molecule has 0 spiro atoms. The van der Waals surface area contributed by atoms with Crippen molar-refractivity contribution in [2.24, 2.45) is 0 Å². The molecule has 0 saturated carbocycles. The zero-order chi connectivity index (χ0) is 15.1. The highest BCUT2D eigenvalue weighted by molar-refractivity contribution is 5.96. The summed E-state index contributed by atoms with van der Waals surface area (Å²) in [5, 5.41) is 8.64. The molecular weight excluding hydrogens is 283 g/mol. The third-order valence-electron chi connectivity index (χ3n) is 3.51. The van der Waals surface area contributed by atoms with Crippen LogP contribution in [0.4, 0.5) is 4.39 Å². The number of hydrogen-bond acceptors (Lipinski definition) is 4. The van der Waals surface area contributed by atoms with Crippen LogP contribution in [0, 0.1) is 12.7 Å². The first kappa shape index (κ1) is 12.8. The molecule has 0 atom stereocenters. The largest absolute Gasteiger partial charge is 0.464 e. The maximum absolute atomic E-state index is 14.0. The number of furan rings is 1. The molecule has 0 bridgehead atoms. The molecule has 0 aliphatic heterocycles. The van der Waals surface area contributed by atoms with Gasteiger partial charge in [-0.3, -0.25) is 0 Å². The first-order chi connectivity index (χ1) is 10.7. The van der Waals surface area contributed by atoms with Crippen LogP contribution in [0.1, 0.15) is 5.89 Å². The summed E-state index contributed by atoms with van der Waals surface area (Å²) in [4.78, 5) is 0. The molecule has 2 aromatic heterocycles. The predicted octanol–water partition coefficient (Wildman–Crippen LogP) is 4.60. The molecule has 108 valence electrons. The van der Waals surface area contributed by atoms with Crippen LogP contribution in [-0.4, -0.2) is 10.2 Å². The van der Waals surface area contributed by atoms with E-state index in [1.165, 1.54) is 6.07 Å². The normalized spacial score (nSPS) is 11.2. The smallest absolute Gasteiger partial charge is 0.247 e. The number of aromatic nitrogens is 2. The number of hydrogen-bond donors (Lipinski definition) is 0. The van der Waals surface area contributed by atoms with Gasteiger partial charge in [0, 0.05) is 29.0 Å². The number of nitrogens with zero attached hydrogens (tertiary/aromatic N) is 2. The molecule has 4 rings (SSSR count). The Balaban J connectivity index is 1.92. The fourth-order valence-electron chi connectivity index (χ4n) is 2.46. The molecule has 0 aliphatic rings. The van der Waals surface area contributed by atoms with Crippen LogP contribution >= 0.6 is 0 Å². The zero-order valence-electron chi connectivity index (χ0n) is 11.7. The fourth-order valence-corrected chi connectivity index (χ4v) is 2.46. The molecule has 0 fully saturated rings. The van der Waals surface area contributed by atoms with E-state index < -0.39 is 0 Å². The summed E-state index contributed by atoms with van der Waals surface area (Å²) < 4.78 is 25.0. The van der Waals surface area contributed by atoms with Crippen molar-refractivity contribution in [3.05, 3.63) is 60.4 Å². The molecule has 0 aliphatic carbocycles. The van der Waals surface area contributed by atoms with E-state index in [2.05, 4.69) is 10.2 Å². The van der Waals surface area contributed by atoms with E-state index in [0.717, 1.165) is 10.9 Å². The van der Waals surface area contributed by atoms with Crippen LogP contribution < -0.4 is 0 Å². The number of fused-ring (bicyclic) bond motifs is 1. The second-order valence-corrected chi connectivity index (χ2v) is 4.97. The van der Waals surface area contributed by atoms with Gasteiger partial charge in [-0.2, -0.15) is 0 Å². The summed E-state index contributed by atoms with van der Waals surface area (Å²) in [6.45, 7) is 1.73. The van der Waals surface area contributed by atoms with Crippen LogP contribution in [-0.2, 0) is 0 Å². The average Bonchev–Trinajstić information content (AvgIpc) is 3.13. The Labute approximate surface area is 125 Å². The molecule has 2 aromatic carbocycles. The summed E-state index contributed by atoms with van der Waals surface area (Å²) >= 11 is 0. The van der Waals surface area contributed by atoms with Gasteiger partial charge >= 0.3 is 0 Å². The Morgan fingerprint density at radius 3 is 2.64 bits per heavy atom. The van der Waals surface area contributed by atoms with Crippen LogP contribution in [0.2, 0.25) is 0 Å². The van der Waals surface area contributed by atoms with Crippen LogP contribution in [0.5, 0.6) is 0 Å². The van der Waals surface area contributed by atoms with Gasteiger partial charge in [0.05, 0.1) is 6.26 Å². The summed E-state index contributed by atoms with van der Waals surface area (Å²) in [5.74, 6) is 0.640. The monoisotopic (exact) mass is 294 g/mol. The Hall–Kier alpha value is -2.95. The number of benzene rings is 2. The van der Waals surface area contributed by atoms with Crippen molar-refractivity contribution in [1.82, 2.24) is 10.2 Å².